The number of aromatic nitrogens is 1. The van der Waals surface area contributed by atoms with E-state index in [1.807, 2.05) is 0 Å². The van der Waals surface area contributed by atoms with Crippen molar-refractivity contribution < 1.29 is 14.6 Å². The molecule has 1 aromatic heterocycles. The minimum atomic E-state index is -1.09. The van der Waals surface area contributed by atoms with Crippen molar-refractivity contribution in [2.24, 2.45) is 5.73 Å². The first-order chi connectivity index (χ1) is 7.57. The highest BCUT2D eigenvalue weighted by Gasteiger charge is 2.26. The smallest absolute Gasteiger partial charge is 0.325 e. The molecule has 5 nitrogen and oxygen atoms in total. The lowest BCUT2D eigenvalue weighted by Crippen LogP contribution is -2.38. The Morgan fingerprint density at radius 1 is 1.69 bits per heavy atom. The van der Waals surface area contributed by atoms with E-state index in [2.05, 4.69) is 4.98 Å². The van der Waals surface area contributed by atoms with E-state index in [9.17, 15) is 9.90 Å². The lowest BCUT2D eigenvalue weighted by Gasteiger charge is -2.18. The number of hydrogen-bond donors (Lipinski definition) is 2. The third-order valence-electron chi connectivity index (χ3n) is 2.27. The molecule has 1 rings (SSSR count). The first-order valence-corrected chi connectivity index (χ1v) is 5.09. The molecule has 0 spiro atoms. The Bertz CT molecular complexity index is 368. The van der Waals surface area contributed by atoms with Gasteiger partial charge in [-0.1, -0.05) is 6.07 Å². The summed E-state index contributed by atoms with van der Waals surface area (Å²) in [7, 11) is 0. The van der Waals surface area contributed by atoms with Crippen LogP contribution in [0.1, 0.15) is 24.3 Å². The number of hydrogen-bond acceptors (Lipinski definition) is 5. The van der Waals surface area contributed by atoms with Crippen molar-refractivity contribution in [2.75, 3.05) is 6.61 Å². The molecular formula is C11H16N2O3. The summed E-state index contributed by atoms with van der Waals surface area (Å²) in [5, 5.41) is 9.90. The van der Waals surface area contributed by atoms with Crippen molar-refractivity contribution in [3.63, 3.8) is 0 Å². The lowest BCUT2D eigenvalue weighted by atomic mass is 10.0. The van der Waals surface area contributed by atoms with Crippen LogP contribution in [0.2, 0.25) is 0 Å². The summed E-state index contributed by atoms with van der Waals surface area (Å²) in [5.74, 6) is -0.613. The minimum Gasteiger partial charge on any atom is -0.465 e. The van der Waals surface area contributed by atoms with E-state index in [1.165, 1.54) is 0 Å². The van der Waals surface area contributed by atoms with Crippen LogP contribution in [0.15, 0.2) is 18.3 Å². The Labute approximate surface area is 94.2 Å². The molecule has 16 heavy (non-hydrogen) atoms. The molecule has 0 aliphatic carbocycles. The summed E-state index contributed by atoms with van der Waals surface area (Å²) < 4.78 is 4.74. The largest absolute Gasteiger partial charge is 0.465 e. The molecule has 0 amide bonds. The van der Waals surface area contributed by atoms with Crippen molar-refractivity contribution in [1.29, 1.82) is 0 Å². The Morgan fingerprint density at radius 3 is 2.94 bits per heavy atom. The molecule has 2 atom stereocenters. The predicted molar refractivity (Wildman–Crippen MR) is 58.5 cm³/mol. The predicted octanol–water partition coefficient (Wildman–Crippen LogP) is 0.314. The number of aliphatic hydroxyl groups excluding tert-OH is 1. The van der Waals surface area contributed by atoms with Gasteiger partial charge in [-0.3, -0.25) is 9.78 Å². The molecule has 0 bridgehead atoms. The highest BCUT2D eigenvalue weighted by Crippen LogP contribution is 2.18. The number of rotatable bonds is 4. The highest BCUT2D eigenvalue weighted by atomic mass is 16.5. The molecule has 1 aromatic rings. The van der Waals surface area contributed by atoms with Crippen molar-refractivity contribution in [3.8, 4) is 0 Å². The molecule has 0 saturated heterocycles. The van der Waals surface area contributed by atoms with Crippen LogP contribution in [0.4, 0.5) is 0 Å². The average Bonchev–Trinajstić information content (AvgIpc) is 2.28. The van der Waals surface area contributed by atoms with E-state index in [-0.39, 0.29) is 6.61 Å². The topological polar surface area (TPSA) is 85.4 Å². The number of esters is 1. The van der Waals surface area contributed by atoms with Gasteiger partial charge < -0.3 is 15.6 Å². The van der Waals surface area contributed by atoms with Crippen LogP contribution in [0.3, 0.4) is 0 Å². The normalized spacial score (nSPS) is 14.2. The fraction of sp³-hybridized carbons (Fsp3) is 0.455. The first-order valence-electron chi connectivity index (χ1n) is 5.09. The first kappa shape index (κ1) is 12.6. The van der Waals surface area contributed by atoms with Gasteiger partial charge in [-0.15, -0.1) is 0 Å². The molecule has 3 N–H and O–H groups in total. The van der Waals surface area contributed by atoms with Gasteiger partial charge in [0.05, 0.1) is 6.61 Å². The average molecular weight is 224 g/mol. The fourth-order valence-corrected chi connectivity index (χ4v) is 1.37. The van der Waals surface area contributed by atoms with Crippen LogP contribution in [0.25, 0.3) is 0 Å². The van der Waals surface area contributed by atoms with Gasteiger partial charge in [0.2, 0.25) is 0 Å². The summed E-state index contributed by atoms with van der Waals surface area (Å²) in [4.78, 5) is 15.4. The van der Waals surface area contributed by atoms with Gasteiger partial charge in [0.15, 0.2) is 0 Å². The number of carbonyl (C=O) groups excluding carboxylic acids is 1. The van der Waals surface area contributed by atoms with Crippen LogP contribution >= 0.6 is 0 Å². The van der Waals surface area contributed by atoms with Crippen molar-refractivity contribution in [2.45, 2.75) is 26.0 Å². The van der Waals surface area contributed by atoms with E-state index < -0.39 is 18.1 Å². The van der Waals surface area contributed by atoms with Gasteiger partial charge in [-0.05, 0) is 19.9 Å². The highest BCUT2D eigenvalue weighted by molar-refractivity contribution is 5.76. The van der Waals surface area contributed by atoms with Gasteiger partial charge in [0, 0.05) is 17.5 Å². The van der Waals surface area contributed by atoms with Crippen molar-refractivity contribution in [1.82, 2.24) is 4.98 Å². The Balaban J connectivity index is 2.82. The fourth-order valence-electron chi connectivity index (χ4n) is 1.37. The molecule has 0 saturated carbocycles. The summed E-state index contributed by atoms with van der Waals surface area (Å²) in [6.07, 6.45) is 0.522. The number of pyridine rings is 1. The molecule has 5 heteroatoms. The molecule has 0 radical (unpaired) electrons. The van der Waals surface area contributed by atoms with E-state index >= 15 is 0 Å². The molecule has 88 valence electrons. The van der Waals surface area contributed by atoms with Crippen LogP contribution in [0.5, 0.6) is 0 Å². The van der Waals surface area contributed by atoms with E-state index in [4.69, 9.17) is 10.5 Å². The second-order valence-electron chi connectivity index (χ2n) is 3.40. The third-order valence-corrected chi connectivity index (χ3v) is 2.27. The minimum absolute atomic E-state index is 0.241. The van der Waals surface area contributed by atoms with Gasteiger partial charge in [-0.2, -0.15) is 0 Å². The Morgan fingerprint density at radius 2 is 2.38 bits per heavy atom. The number of nitrogens with two attached hydrogens (primary N) is 1. The number of carbonyl (C=O) groups is 1. The van der Waals surface area contributed by atoms with Crippen molar-refractivity contribution >= 4 is 5.97 Å². The van der Waals surface area contributed by atoms with Crippen LogP contribution in [0, 0.1) is 6.92 Å². The van der Waals surface area contributed by atoms with Gasteiger partial charge >= 0.3 is 5.97 Å². The Kier molecular flexibility index (Phi) is 4.39. The maximum absolute atomic E-state index is 11.3. The van der Waals surface area contributed by atoms with Gasteiger partial charge in [0.1, 0.15) is 12.1 Å². The Hall–Kier alpha value is -1.46. The lowest BCUT2D eigenvalue weighted by molar-refractivity contribution is -0.147. The van der Waals surface area contributed by atoms with Crippen LogP contribution in [-0.4, -0.2) is 28.7 Å². The maximum atomic E-state index is 11.3. The number of nitrogens with zero attached hydrogens (tertiary/aromatic N) is 1. The second kappa shape index (κ2) is 5.58. The second-order valence-corrected chi connectivity index (χ2v) is 3.40. The summed E-state index contributed by atoms with van der Waals surface area (Å²) in [6.45, 7) is 3.67. The zero-order chi connectivity index (χ0) is 12.1. The zero-order valence-corrected chi connectivity index (χ0v) is 9.38. The number of aliphatic hydroxyl groups is 1. The van der Waals surface area contributed by atoms with E-state index in [0.717, 1.165) is 0 Å². The molecule has 0 unspecified atom stereocenters. The van der Waals surface area contributed by atoms with Crippen LogP contribution in [-0.2, 0) is 9.53 Å². The quantitative estimate of drug-likeness (QED) is 0.719. The van der Waals surface area contributed by atoms with E-state index in [0.29, 0.717) is 11.3 Å². The standard InChI is InChI=1S/C11H16N2O3/c1-3-16-11(15)9(12)10(14)8-5-4-6-13-7(8)2/h4-6,9-10,14H,3,12H2,1-2H3/t9-,10-/m1/s1. The molecular weight excluding hydrogens is 208 g/mol. The molecule has 0 aliphatic rings. The van der Waals surface area contributed by atoms with Gasteiger partial charge in [0.25, 0.3) is 0 Å². The monoisotopic (exact) mass is 224 g/mol. The zero-order valence-electron chi connectivity index (χ0n) is 9.38. The third kappa shape index (κ3) is 2.77. The summed E-state index contributed by atoms with van der Waals surface area (Å²) in [6, 6.07) is 2.29. The SMILES string of the molecule is CCOC(=O)[C@H](N)[C@H](O)c1cccnc1C. The van der Waals surface area contributed by atoms with Crippen molar-refractivity contribution in [3.05, 3.63) is 29.6 Å². The number of ether oxygens (including phenoxy) is 1. The molecule has 1 heterocycles. The van der Waals surface area contributed by atoms with E-state index in [1.54, 1.807) is 32.2 Å². The summed E-state index contributed by atoms with van der Waals surface area (Å²) in [5.41, 5.74) is 6.79. The number of aryl methyl sites for hydroxylation is 1. The van der Waals surface area contributed by atoms with Crippen LogP contribution < -0.4 is 5.73 Å². The maximum Gasteiger partial charge on any atom is 0.325 e. The molecule has 0 fully saturated rings. The molecule has 0 aromatic carbocycles. The molecule has 0 aliphatic heterocycles. The van der Waals surface area contributed by atoms with Gasteiger partial charge in [-0.25, -0.2) is 0 Å². The summed E-state index contributed by atoms with van der Waals surface area (Å²) >= 11 is 0.